The van der Waals surface area contributed by atoms with Crippen molar-refractivity contribution in [1.82, 2.24) is 25.1 Å². The van der Waals surface area contributed by atoms with Crippen LogP contribution in [0.2, 0.25) is 0 Å². The minimum atomic E-state index is 0.799. The molecule has 0 aromatic carbocycles. The average molecular weight is 232 g/mol. The first kappa shape index (κ1) is 10.5. The fourth-order valence-corrected chi connectivity index (χ4v) is 2.18. The molecule has 2 aromatic rings. The lowest BCUT2D eigenvalue weighted by atomic mass is 10.3. The van der Waals surface area contributed by atoms with Crippen LogP contribution < -0.4 is 4.90 Å². The van der Waals surface area contributed by atoms with E-state index in [4.69, 9.17) is 0 Å². The largest absolute Gasteiger partial charge is 0.352 e. The SMILES string of the molecule is Cc1nc(N2CCN(C)CC2)c2[nH]ncc2n1. The Morgan fingerprint density at radius 3 is 2.71 bits per heavy atom. The Bertz CT molecular complexity index is 526. The first-order chi connectivity index (χ1) is 8.24. The number of nitrogens with zero attached hydrogens (tertiary/aromatic N) is 5. The van der Waals surface area contributed by atoms with Crippen molar-refractivity contribution < 1.29 is 0 Å². The number of anilines is 1. The number of likely N-dealkylation sites (N-methyl/N-ethyl adjacent to an activating group) is 1. The Kier molecular flexibility index (Phi) is 2.44. The first-order valence-electron chi connectivity index (χ1n) is 5.85. The lowest BCUT2D eigenvalue weighted by molar-refractivity contribution is 0.312. The summed E-state index contributed by atoms with van der Waals surface area (Å²) in [6.45, 7) is 6.06. The van der Waals surface area contributed by atoms with Crippen LogP contribution in [0.25, 0.3) is 11.0 Å². The zero-order valence-corrected chi connectivity index (χ0v) is 10.1. The molecule has 17 heavy (non-hydrogen) atoms. The van der Waals surface area contributed by atoms with Gasteiger partial charge in [0.05, 0.1) is 6.20 Å². The van der Waals surface area contributed by atoms with Crippen LogP contribution in [0.3, 0.4) is 0 Å². The predicted octanol–water partition coefficient (Wildman–Crippen LogP) is 0.413. The predicted molar refractivity (Wildman–Crippen MR) is 66.1 cm³/mol. The van der Waals surface area contributed by atoms with Crippen molar-refractivity contribution in [2.45, 2.75) is 6.92 Å². The maximum Gasteiger partial charge on any atom is 0.158 e. The van der Waals surface area contributed by atoms with Gasteiger partial charge in [0.15, 0.2) is 5.82 Å². The zero-order chi connectivity index (χ0) is 11.8. The summed E-state index contributed by atoms with van der Waals surface area (Å²) in [4.78, 5) is 13.5. The van der Waals surface area contributed by atoms with Gasteiger partial charge < -0.3 is 9.80 Å². The molecule has 0 amide bonds. The van der Waals surface area contributed by atoms with Gasteiger partial charge in [-0.1, -0.05) is 0 Å². The number of aryl methyl sites for hydroxylation is 1. The molecule has 3 heterocycles. The maximum absolute atomic E-state index is 4.55. The van der Waals surface area contributed by atoms with Crippen molar-refractivity contribution in [2.75, 3.05) is 38.1 Å². The highest BCUT2D eigenvalue weighted by Gasteiger charge is 2.19. The Morgan fingerprint density at radius 1 is 1.18 bits per heavy atom. The molecule has 0 aliphatic carbocycles. The van der Waals surface area contributed by atoms with E-state index >= 15 is 0 Å². The molecule has 0 atom stereocenters. The smallest absolute Gasteiger partial charge is 0.158 e. The summed E-state index contributed by atoms with van der Waals surface area (Å²) in [5, 5.41) is 7.04. The number of aromatic nitrogens is 4. The van der Waals surface area contributed by atoms with Gasteiger partial charge in [-0.15, -0.1) is 0 Å². The lowest BCUT2D eigenvalue weighted by Gasteiger charge is -2.33. The summed E-state index contributed by atoms with van der Waals surface area (Å²) in [5.74, 6) is 1.78. The van der Waals surface area contributed by atoms with Crippen molar-refractivity contribution in [3.63, 3.8) is 0 Å². The summed E-state index contributed by atoms with van der Waals surface area (Å²) < 4.78 is 0. The van der Waals surface area contributed by atoms with Crippen molar-refractivity contribution in [3.05, 3.63) is 12.0 Å². The minimum Gasteiger partial charge on any atom is -0.352 e. The molecule has 90 valence electrons. The van der Waals surface area contributed by atoms with Gasteiger partial charge in [0.2, 0.25) is 0 Å². The van der Waals surface area contributed by atoms with Gasteiger partial charge in [0.25, 0.3) is 0 Å². The first-order valence-corrected chi connectivity index (χ1v) is 5.85. The quantitative estimate of drug-likeness (QED) is 0.772. The van der Waals surface area contributed by atoms with E-state index in [1.165, 1.54) is 0 Å². The second-order valence-corrected chi connectivity index (χ2v) is 4.51. The van der Waals surface area contributed by atoms with Crippen LogP contribution in [0.4, 0.5) is 5.82 Å². The van der Waals surface area contributed by atoms with Crippen molar-refractivity contribution >= 4 is 16.9 Å². The third kappa shape index (κ3) is 1.84. The molecule has 0 radical (unpaired) electrons. The van der Waals surface area contributed by atoms with Crippen LogP contribution in [0.15, 0.2) is 6.20 Å². The number of hydrogen-bond acceptors (Lipinski definition) is 5. The minimum absolute atomic E-state index is 0.799. The highest BCUT2D eigenvalue weighted by Crippen LogP contribution is 2.22. The Labute approximate surface area is 99.7 Å². The van der Waals surface area contributed by atoms with E-state index in [0.29, 0.717) is 0 Å². The highest BCUT2D eigenvalue weighted by atomic mass is 15.3. The molecule has 1 aliphatic rings. The summed E-state index contributed by atoms with van der Waals surface area (Å²) >= 11 is 0. The van der Waals surface area contributed by atoms with Gasteiger partial charge in [-0.05, 0) is 14.0 Å². The molecule has 3 rings (SSSR count). The molecule has 2 aromatic heterocycles. The molecule has 6 heteroatoms. The van der Waals surface area contributed by atoms with Gasteiger partial charge in [0, 0.05) is 26.2 Å². The van der Waals surface area contributed by atoms with Crippen LogP contribution in [-0.4, -0.2) is 58.3 Å². The second kappa shape index (κ2) is 3.96. The number of nitrogens with one attached hydrogen (secondary N) is 1. The van der Waals surface area contributed by atoms with Crippen LogP contribution in [0.5, 0.6) is 0 Å². The third-order valence-electron chi connectivity index (χ3n) is 3.20. The number of fused-ring (bicyclic) bond motifs is 1. The monoisotopic (exact) mass is 232 g/mol. The van der Waals surface area contributed by atoms with Crippen molar-refractivity contribution in [1.29, 1.82) is 0 Å². The van der Waals surface area contributed by atoms with E-state index in [-0.39, 0.29) is 0 Å². The lowest BCUT2D eigenvalue weighted by Crippen LogP contribution is -2.45. The topological polar surface area (TPSA) is 60.9 Å². The fraction of sp³-hybridized carbons (Fsp3) is 0.545. The Balaban J connectivity index is 2.01. The molecule has 1 N–H and O–H groups in total. The van der Waals surface area contributed by atoms with Crippen molar-refractivity contribution in [2.24, 2.45) is 0 Å². The molecule has 1 fully saturated rings. The normalized spacial score (nSPS) is 17.9. The van der Waals surface area contributed by atoms with E-state index in [0.717, 1.165) is 48.9 Å². The zero-order valence-electron chi connectivity index (χ0n) is 10.1. The molecule has 0 spiro atoms. The third-order valence-corrected chi connectivity index (χ3v) is 3.20. The van der Waals surface area contributed by atoms with E-state index in [1.807, 2.05) is 6.92 Å². The van der Waals surface area contributed by atoms with Gasteiger partial charge in [-0.25, -0.2) is 9.97 Å². The number of hydrogen-bond donors (Lipinski definition) is 1. The van der Waals surface area contributed by atoms with E-state index in [1.54, 1.807) is 6.20 Å². The molecule has 0 bridgehead atoms. The number of aromatic amines is 1. The van der Waals surface area contributed by atoms with Crippen molar-refractivity contribution in [3.8, 4) is 0 Å². The second-order valence-electron chi connectivity index (χ2n) is 4.51. The van der Waals surface area contributed by atoms with Crippen LogP contribution in [-0.2, 0) is 0 Å². The van der Waals surface area contributed by atoms with Gasteiger partial charge in [-0.2, -0.15) is 5.10 Å². The fourth-order valence-electron chi connectivity index (χ4n) is 2.18. The molecule has 6 nitrogen and oxygen atoms in total. The Hall–Kier alpha value is -1.69. The number of H-pyrrole nitrogens is 1. The average Bonchev–Trinajstić information content (AvgIpc) is 2.77. The molecule has 1 saturated heterocycles. The number of rotatable bonds is 1. The van der Waals surface area contributed by atoms with Gasteiger partial charge in [-0.3, -0.25) is 5.10 Å². The van der Waals surface area contributed by atoms with Crippen LogP contribution in [0, 0.1) is 6.92 Å². The van der Waals surface area contributed by atoms with Crippen LogP contribution in [0.1, 0.15) is 5.82 Å². The standard InChI is InChI=1S/C11H16N6/c1-8-13-9-7-12-15-10(9)11(14-8)17-5-3-16(2)4-6-17/h7H,3-6H2,1-2H3,(H,12,15). The van der Waals surface area contributed by atoms with E-state index in [9.17, 15) is 0 Å². The summed E-state index contributed by atoms with van der Waals surface area (Å²) in [6.07, 6.45) is 1.75. The molecule has 0 unspecified atom stereocenters. The number of piperazine rings is 1. The summed E-state index contributed by atoms with van der Waals surface area (Å²) in [5.41, 5.74) is 1.84. The summed E-state index contributed by atoms with van der Waals surface area (Å²) in [7, 11) is 2.15. The summed E-state index contributed by atoms with van der Waals surface area (Å²) in [6, 6.07) is 0. The Morgan fingerprint density at radius 2 is 1.94 bits per heavy atom. The molecular weight excluding hydrogens is 216 g/mol. The van der Waals surface area contributed by atoms with E-state index in [2.05, 4.69) is 37.0 Å². The molecule has 1 aliphatic heterocycles. The van der Waals surface area contributed by atoms with E-state index < -0.39 is 0 Å². The maximum atomic E-state index is 4.55. The van der Waals surface area contributed by atoms with Crippen LogP contribution >= 0.6 is 0 Å². The molecular formula is C11H16N6. The highest BCUT2D eigenvalue weighted by molar-refractivity contribution is 5.85. The van der Waals surface area contributed by atoms with Gasteiger partial charge in [0.1, 0.15) is 16.9 Å². The molecule has 0 saturated carbocycles. The van der Waals surface area contributed by atoms with Gasteiger partial charge >= 0.3 is 0 Å².